The summed E-state index contributed by atoms with van der Waals surface area (Å²) in [5.74, 6) is -0.816. The van der Waals surface area contributed by atoms with Gasteiger partial charge in [0.15, 0.2) is 11.5 Å². The predicted molar refractivity (Wildman–Crippen MR) is 77.8 cm³/mol. The lowest BCUT2D eigenvalue weighted by Crippen LogP contribution is -2.07. The molecule has 21 heavy (non-hydrogen) atoms. The van der Waals surface area contributed by atoms with Crippen molar-refractivity contribution in [2.75, 3.05) is 7.11 Å². The number of benzene rings is 2. The molecule has 0 amide bonds. The summed E-state index contributed by atoms with van der Waals surface area (Å²) >= 11 is 0. The van der Waals surface area contributed by atoms with Crippen LogP contribution in [-0.4, -0.2) is 17.3 Å². The summed E-state index contributed by atoms with van der Waals surface area (Å²) in [6.45, 7) is 0. The van der Waals surface area contributed by atoms with Gasteiger partial charge in [0, 0.05) is 0 Å². The standard InChI is InChI=1S/C16H12O5/c1-20-16-12(9-5-3-2-4-6-9)15(19)13-11(21-16)8-7-10(17)14(13)18/h2-8,17-18H,1H3. The van der Waals surface area contributed by atoms with E-state index in [4.69, 9.17) is 9.15 Å². The van der Waals surface area contributed by atoms with Gasteiger partial charge in [-0.3, -0.25) is 4.79 Å². The van der Waals surface area contributed by atoms with E-state index in [2.05, 4.69) is 0 Å². The van der Waals surface area contributed by atoms with Crippen molar-refractivity contribution in [2.24, 2.45) is 0 Å². The number of phenols is 2. The maximum Gasteiger partial charge on any atom is 0.296 e. The van der Waals surface area contributed by atoms with Crippen LogP contribution in [0.3, 0.4) is 0 Å². The number of aromatic hydroxyl groups is 2. The highest BCUT2D eigenvalue weighted by Gasteiger charge is 2.20. The first-order valence-corrected chi connectivity index (χ1v) is 6.24. The lowest BCUT2D eigenvalue weighted by molar-refractivity contribution is 0.311. The molecule has 0 atom stereocenters. The first kappa shape index (κ1) is 13.1. The van der Waals surface area contributed by atoms with E-state index in [9.17, 15) is 15.0 Å². The Bertz CT molecular complexity index is 865. The maximum atomic E-state index is 12.7. The number of hydrogen-bond donors (Lipinski definition) is 2. The van der Waals surface area contributed by atoms with E-state index >= 15 is 0 Å². The fourth-order valence-corrected chi connectivity index (χ4v) is 2.23. The van der Waals surface area contributed by atoms with E-state index in [-0.39, 0.29) is 28.2 Å². The molecule has 0 unspecified atom stereocenters. The molecule has 3 rings (SSSR count). The second-order valence-corrected chi connectivity index (χ2v) is 4.47. The molecule has 0 spiro atoms. The van der Waals surface area contributed by atoms with Gasteiger partial charge in [-0.25, -0.2) is 0 Å². The minimum absolute atomic E-state index is 0.0591. The van der Waals surface area contributed by atoms with Crippen LogP contribution in [-0.2, 0) is 0 Å². The molecule has 1 aromatic heterocycles. The van der Waals surface area contributed by atoms with Crippen LogP contribution in [0.2, 0.25) is 0 Å². The van der Waals surface area contributed by atoms with E-state index in [0.717, 1.165) is 0 Å². The molecule has 0 saturated heterocycles. The molecule has 1 heterocycles. The van der Waals surface area contributed by atoms with Crippen molar-refractivity contribution in [3.05, 3.63) is 52.7 Å². The molecule has 2 aromatic carbocycles. The van der Waals surface area contributed by atoms with Gasteiger partial charge >= 0.3 is 0 Å². The van der Waals surface area contributed by atoms with Gasteiger partial charge in [-0.1, -0.05) is 30.3 Å². The number of rotatable bonds is 2. The largest absolute Gasteiger partial charge is 0.504 e. The Hall–Kier alpha value is -2.95. The summed E-state index contributed by atoms with van der Waals surface area (Å²) in [4.78, 5) is 12.7. The molecule has 0 bridgehead atoms. The van der Waals surface area contributed by atoms with Crippen molar-refractivity contribution in [1.29, 1.82) is 0 Å². The SMILES string of the molecule is COc1oc2ccc(O)c(O)c2c(=O)c1-c1ccccc1. The van der Waals surface area contributed by atoms with Gasteiger partial charge in [-0.15, -0.1) is 0 Å². The monoisotopic (exact) mass is 284 g/mol. The quantitative estimate of drug-likeness (QED) is 0.707. The molecule has 0 aliphatic carbocycles. The van der Waals surface area contributed by atoms with Gasteiger partial charge in [-0.05, 0) is 17.7 Å². The fraction of sp³-hybridized carbons (Fsp3) is 0.0625. The van der Waals surface area contributed by atoms with Gasteiger partial charge in [-0.2, -0.15) is 0 Å². The zero-order chi connectivity index (χ0) is 15.0. The molecule has 106 valence electrons. The molecule has 0 aliphatic rings. The first-order chi connectivity index (χ1) is 10.1. The molecule has 0 radical (unpaired) electrons. The summed E-state index contributed by atoms with van der Waals surface area (Å²) in [5, 5.41) is 19.4. The smallest absolute Gasteiger partial charge is 0.296 e. The lowest BCUT2D eigenvalue weighted by atomic mass is 10.0. The van der Waals surface area contributed by atoms with Gasteiger partial charge < -0.3 is 19.4 Å². The van der Waals surface area contributed by atoms with Gasteiger partial charge in [0.1, 0.15) is 16.5 Å². The Morgan fingerprint density at radius 1 is 1.05 bits per heavy atom. The second kappa shape index (κ2) is 4.86. The van der Waals surface area contributed by atoms with Crippen LogP contribution in [0.25, 0.3) is 22.1 Å². The van der Waals surface area contributed by atoms with E-state index in [0.29, 0.717) is 5.56 Å². The third-order valence-electron chi connectivity index (χ3n) is 3.23. The minimum atomic E-state index is -0.499. The van der Waals surface area contributed by atoms with Gasteiger partial charge in [0.25, 0.3) is 5.95 Å². The Morgan fingerprint density at radius 2 is 1.76 bits per heavy atom. The molecule has 0 fully saturated rings. The van der Waals surface area contributed by atoms with Crippen LogP contribution in [0.4, 0.5) is 0 Å². The molecule has 5 heteroatoms. The zero-order valence-corrected chi connectivity index (χ0v) is 11.2. The van der Waals surface area contributed by atoms with Crippen molar-refractivity contribution in [1.82, 2.24) is 0 Å². The second-order valence-electron chi connectivity index (χ2n) is 4.47. The highest BCUT2D eigenvalue weighted by atomic mass is 16.6. The molecular formula is C16H12O5. The van der Waals surface area contributed by atoms with Crippen LogP contribution >= 0.6 is 0 Å². The number of hydrogen-bond acceptors (Lipinski definition) is 5. The Kier molecular flexibility index (Phi) is 3.02. The molecule has 0 aliphatic heterocycles. The summed E-state index contributed by atoms with van der Waals surface area (Å²) < 4.78 is 10.7. The van der Waals surface area contributed by atoms with Gasteiger partial charge in [0.05, 0.1) is 7.11 Å². The fourth-order valence-electron chi connectivity index (χ4n) is 2.23. The van der Waals surface area contributed by atoms with Crippen molar-refractivity contribution in [3.8, 4) is 28.6 Å². The van der Waals surface area contributed by atoms with Crippen LogP contribution in [0.5, 0.6) is 17.4 Å². The predicted octanol–water partition coefficient (Wildman–Crippen LogP) is 2.88. The first-order valence-electron chi connectivity index (χ1n) is 6.24. The normalized spacial score (nSPS) is 10.7. The van der Waals surface area contributed by atoms with E-state index in [1.54, 1.807) is 24.3 Å². The average Bonchev–Trinajstić information content (AvgIpc) is 2.51. The van der Waals surface area contributed by atoms with Crippen molar-refractivity contribution in [2.45, 2.75) is 0 Å². The molecule has 0 saturated carbocycles. The number of fused-ring (bicyclic) bond motifs is 1. The molecule has 3 aromatic rings. The number of methoxy groups -OCH3 is 1. The third-order valence-corrected chi connectivity index (χ3v) is 3.23. The van der Waals surface area contributed by atoms with Gasteiger partial charge in [0.2, 0.25) is 5.43 Å². The van der Waals surface area contributed by atoms with Crippen LogP contribution in [0.15, 0.2) is 51.7 Å². The topological polar surface area (TPSA) is 79.9 Å². The van der Waals surface area contributed by atoms with E-state index in [1.807, 2.05) is 6.07 Å². The highest BCUT2D eigenvalue weighted by Crippen LogP contribution is 2.36. The number of ether oxygens (including phenoxy) is 1. The molecule has 2 N–H and O–H groups in total. The van der Waals surface area contributed by atoms with Crippen LogP contribution in [0.1, 0.15) is 0 Å². The highest BCUT2D eigenvalue weighted by molar-refractivity contribution is 5.90. The van der Waals surface area contributed by atoms with Crippen molar-refractivity contribution >= 4 is 11.0 Å². The average molecular weight is 284 g/mol. The van der Waals surface area contributed by atoms with E-state index < -0.39 is 11.2 Å². The Balaban J connectivity index is 2.47. The zero-order valence-electron chi connectivity index (χ0n) is 11.2. The lowest BCUT2D eigenvalue weighted by Gasteiger charge is -2.09. The summed E-state index contributed by atoms with van der Waals surface area (Å²) in [5.41, 5.74) is 0.485. The Labute approximate surface area is 119 Å². The number of phenolic OH excluding ortho intramolecular Hbond substituents is 2. The Morgan fingerprint density at radius 3 is 2.43 bits per heavy atom. The van der Waals surface area contributed by atoms with Crippen molar-refractivity contribution < 1.29 is 19.4 Å². The van der Waals surface area contributed by atoms with Crippen LogP contribution < -0.4 is 10.2 Å². The molecular weight excluding hydrogens is 272 g/mol. The van der Waals surface area contributed by atoms with Crippen molar-refractivity contribution in [3.63, 3.8) is 0 Å². The summed E-state index contributed by atoms with van der Waals surface area (Å²) in [6, 6.07) is 11.5. The third kappa shape index (κ3) is 1.99. The summed E-state index contributed by atoms with van der Waals surface area (Å²) in [6.07, 6.45) is 0. The molecule has 5 nitrogen and oxygen atoms in total. The minimum Gasteiger partial charge on any atom is -0.504 e. The maximum absolute atomic E-state index is 12.7. The van der Waals surface area contributed by atoms with E-state index in [1.165, 1.54) is 19.2 Å². The summed E-state index contributed by atoms with van der Waals surface area (Å²) in [7, 11) is 1.40. The van der Waals surface area contributed by atoms with Crippen LogP contribution in [0, 0.1) is 0 Å².